The summed E-state index contributed by atoms with van der Waals surface area (Å²) in [4.78, 5) is 20.8. The average Bonchev–Trinajstić information content (AvgIpc) is 3.23. The summed E-state index contributed by atoms with van der Waals surface area (Å²) in [6.45, 7) is 4.60. The molecule has 0 bridgehead atoms. The number of hydrogen-bond donors (Lipinski definition) is 2. The number of aromatic nitrogens is 7. The Bertz CT molecular complexity index is 883. The molecular formula is C15H19N9O. The largest absolute Gasteiger partial charge is 0.357 e. The van der Waals surface area contributed by atoms with Crippen LogP contribution in [-0.4, -0.2) is 47.7 Å². The molecule has 0 aromatic carbocycles. The van der Waals surface area contributed by atoms with E-state index >= 15 is 0 Å². The molecule has 1 amide bonds. The highest BCUT2D eigenvalue weighted by molar-refractivity contribution is 5.89. The average molecular weight is 341 g/mol. The van der Waals surface area contributed by atoms with Crippen LogP contribution in [0.15, 0.2) is 24.7 Å². The molecule has 3 aromatic heterocycles. The third kappa shape index (κ3) is 3.97. The van der Waals surface area contributed by atoms with E-state index in [-0.39, 0.29) is 12.5 Å². The summed E-state index contributed by atoms with van der Waals surface area (Å²) < 4.78 is 3.18. The Hall–Kier alpha value is -3.30. The molecule has 0 radical (unpaired) electrons. The fraction of sp³-hybridized carbons (Fsp3) is 0.333. The molecule has 0 aliphatic heterocycles. The maximum atomic E-state index is 12.1. The molecule has 130 valence electrons. The van der Waals surface area contributed by atoms with Crippen LogP contribution in [0.2, 0.25) is 0 Å². The van der Waals surface area contributed by atoms with Gasteiger partial charge in [-0.05, 0) is 19.9 Å². The standard InChI is InChI=1S/C15H19N9O/c1-4-23-8-13(21-22-23)20-14(25)9-24-7-11(6-17-24)12-5-10(2)18-15(16-3)19-12/h5-8H,4,9H2,1-3H3,(H,20,25)(H,16,18,19). The van der Waals surface area contributed by atoms with E-state index in [1.54, 1.807) is 35.0 Å². The van der Waals surface area contributed by atoms with E-state index in [1.165, 1.54) is 0 Å². The molecule has 0 unspecified atom stereocenters. The van der Waals surface area contributed by atoms with Crippen molar-refractivity contribution in [2.24, 2.45) is 0 Å². The van der Waals surface area contributed by atoms with Crippen molar-refractivity contribution in [2.75, 3.05) is 17.7 Å². The van der Waals surface area contributed by atoms with E-state index in [4.69, 9.17) is 0 Å². The molecular weight excluding hydrogens is 322 g/mol. The van der Waals surface area contributed by atoms with Gasteiger partial charge in [0.05, 0.1) is 18.1 Å². The first-order chi connectivity index (χ1) is 12.1. The second-order valence-corrected chi connectivity index (χ2v) is 5.40. The van der Waals surface area contributed by atoms with Crippen molar-refractivity contribution in [1.82, 2.24) is 34.7 Å². The van der Waals surface area contributed by atoms with E-state index in [0.29, 0.717) is 18.3 Å². The molecule has 0 saturated carbocycles. The Balaban J connectivity index is 1.69. The van der Waals surface area contributed by atoms with Crippen LogP contribution in [0.25, 0.3) is 11.3 Å². The van der Waals surface area contributed by atoms with Gasteiger partial charge in [0.25, 0.3) is 0 Å². The highest BCUT2D eigenvalue weighted by atomic mass is 16.2. The third-order valence-electron chi connectivity index (χ3n) is 3.44. The maximum Gasteiger partial charge on any atom is 0.247 e. The molecule has 0 atom stereocenters. The summed E-state index contributed by atoms with van der Waals surface area (Å²) in [7, 11) is 1.76. The second kappa shape index (κ2) is 7.07. The maximum absolute atomic E-state index is 12.1. The molecule has 0 saturated heterocycles. The van der Waals surface area contributed by atoms with E-state index in [0.717, 1.165) is 17.0 Å². The van der Waals surface area contributed by atoms with Crippen LogP contribution in [0.1, 0.15) is 12.6 Å². The van der Waals surface area contributed by atoms with Crippen LogP contribution < -0.4 is 10.6 Å². The van der Waals surface area contributed by atoms with Gasteiger partial charge in [0.2, 0.25) is 11.9 Å². The first-order valence-corrected chi connectivity index (χ1v) is 7.83. The summed E-state index contributed by atoms with van der Waals surface area (Å²) in [6.07, 6.45) is 5.11. The van der Waals surface area contributed by atoms with Crippen molar-refractivity contribution in [1.29, 1.82) is 0 Å². The van der Waals surface area contributed by atoms with Gasteiger partial charge in [-0.1, -0.05) is 5.21 Å². The lowest BCUT2D eigenvalue weighted by molar-refractivity contribution is -0.116. The number of carbonyl (C=O) groups is 1. The van der Waals surface area contributed by atoms with Crippen LogP contribution in [0.3, 0.4) is 0 Å². The number of nitrogens with zero attached hydrogens (tertiary/aromatic N) is 7. The van der Waals surface area contributed by atoms with Crippen LogP contribution >= 0.6 is 0 Å². The van der Waals surface area contributed by atoms with E-state index in [9.17, 15) is 4.79 Å². The minimum absolute atomic E-state index is 0.0714. The van der Waals surface area contributed by atoms with E-state index in [2.05, 4.69) is 36.0 Å². The smallest absolute Gasteiger partial charge is 0.247 e. The number of anilines is 2. The van der Waals surface area contributed by atoms with Gasteiger partial charge in [0.15, 0.2) is 5.82 Å². The zero-order valence-electron chi connectivity index (χ0n) is 14.3. The number of aryl methyl sites for hydroxylation is 2. The third-order valence-corrected chi connectivity index (χ3v) is 3.44. The van der Waals surface area contributed by atoms with Gasteiger partial charge in [0, 0.05) is 31.0 Å². The van der Waals surface area contributed by atoms with Gasteiger partial charge in [0.1, 0.15) is 6.54 Å². The SMILES string of the molecule is CCn1cc(NC(=O)Cn2cc(-c3cc(C)nc(NC)n3)cn2)nn1. The van der Waals surface area contributed by atoms with Gasteiger partial charge >= 0.3 is 0 Å². The monoisotopic (exact) mass is 341 g/mol. The molecule has 0 aliphatic rings. The summed E-state index contributed by atoms with van der Waals surface area (Å²) in [5.41, 5.74) is 2.40. The predicted octanol–water partition coefficient (Wildman–Crippen LogP) is 0.940. The Kier molecular flexibility index (Phi) is 4.68. The Morgan fingerprint density at radius 1 is 1.24 bits per heavy atom. The van der Waals surface area contributed by atoms with E-state index < -0.39 is 0 Å². The molecule has 10 heteroatoms. The summed E-state index contributed by atoms with van der Waals surface area (Å²) in [5.74, 6) is 0.733. The second-order valence-electron chi connectivity index (χ2n) is 5.40. The lowest BCUT2D eigenvalue weighted by Crippen LogP contribution is -2.19. The lowest BCUT2D eigenvalue weighted by atomic mass is 10.2. The van der Waals surface area contributed by atoms with Crippen LogP contribution in [-0.2, 0) is 17.9 Å². The summed E-state index contributed by atoms with van der Waals surface area (Å²) >= 11 is 0. The molecule has 3 heterocycles. The zero-order valence-corrected chi connectivity index (χ0v) is 14.3. The molecule has 0 aliphatic carbocycles. The molecule has 25 heavy (non-hydrogen) atoms. The van der Waals surface area contributed by atoms with Gasteiger partial charge in [-0.25, -0.2) is 9.97 Å². The van der Waals surface area contributed by atoms with Gasteiger partial charge in [-0.15, -0.1) is 5.10 Å². The first-order valence-electron chi connectivity index (χ1n) is 7.83. The minimum atomic E-state index is -0.229. The van der Waals surface area contributed by atoms with E-state index in [1.807, 2.05) is 19.9 Å². The number of rotatable bonds is 6. The fourth-order valence-corrected chi connectivity index (χ4v) is 2.25. The van der Waals surface area contributed by atoms with Crippen molar-refractivity contribution in [3.05, 3.63) is 30.4 Å². The normalized spacial score (nSPS) is 10.7. The molecule has 0 fully saturated rings. The highest BCUT2D eigenvalue weighted by Crippen LogP contribution is 2.18. The lowest BCUT2D eigenvalue weighted by Gasteiger charge is -2.03. The number of hydrogen-bond acceptors (Lipinski definition) is 7. The van der Waals surface area contributed by atoms with Crippen molar-refractivity contribution in [3.8, 4) is 11.3 Å². The van der Waals surface area contributed by atoms with Crippen LogP contribution in [0, 0.1) is 6.92 Å². The molecule has 2 N–H and O–H groups in total. The van der Waals surface area contributed by atoms with Crippen LogP contribution in [0.5, 0.6) is 0 Å². The van der Waals surface area contributed by atoms with Crippen molar-refractivity contribution >= 4 is 17.7 Å². The van der Waals surface area contributed by atoms with Gasteiger partial charge in [-0.3, -0.25) is 14.2 Å². The molecule has 3 rings (SSSR count). The minimum Gasteiger partial charge on any atom is -0.357 e. The topological polar surface area (TPSA) is 115 Å². The molecule has 10 nitrogen and oxygen atoms in total. The Morgan fingerprint density at radius 2 is 2.08 bits per heavy atom. The first kappa shape index (κ1) is 16.6. The van der Waals surface area contributed by atoms with Crippen molar-refractivity contribution in [2.45, 2.75) is 26.9 Å². The van der Waals surface area contributed by atoms with Gasteiger partial charge in [-0.2, -0.15) is 5.10 Å². The molecule has 3 aromatic rings. The number of amides is 1. The number of carbonyl (C=O) groups excluding carboxylic acids is 1. The Labute approximate surface area is 144 Å². The Morgan fingerprint density at radius 3 is 2.80 bits per heavy atom. The summed E-state index contributed by atoms with van der Waals surface area (Å²) in [6, 6.07) is 1.87. The quantitative estimate of drug-likeness (QED) is 0.685. The number of nitrogens with one attached hydrogen (secondary N) is 2. The van der Waals surface area contributed by atoms with Gasteiger partial charge < -0.3 is 10.6 Å². The van der Waals surface area contributed by atoms with Crippen LogP contribution in [0.4, 0.5) is 11.8 Å². The molecule has 0 spiro atoms. The van der Waals surface area contributed by atoms with Crippen molar-refractivity contribution in [3.63, 3.8) is 0 Å². The fourth-order valence-electron chi connectivity index (χ4n) is 2.25. The predicted molar refractivity (Wildman–Crippen MR) is 91.9 cm³/mol. The summed E-state index contributed by atoms with van der Waals surface area (Å²) in [5, 5.41) is 17.6. The zero-order chi connectivity index (χ0) is 17.8. The van der Waals surface area contributed by atoms with Crippen molar-refractivity contribution < 1.29 is 4.79 Å². The highest BCUT2D eigenvalue weighted by Gasteiger charge is 2.10.